The SMILES string of the molecule is CCCCOC(=O)N1CCC(c2ccnc3ccc(F)cc23)C(OC)C1. The third kappa shape index (κ3) is 3.96. The van der Waals surface area contributed by atoms with Crippen molar-refractivity contribution >= 4 is 17.0 Å². The Bertz CT molecular complexity index is 768. The maximum Gasteiger partial charge on any atom is 0.409 e. The minimum Gasteiger partial charge on any atom is -0.449 e. The van der Waals surface area contributed by atoms with Gasteiger partial charge in [0.25, 0.3) is 0 Å². The van der Waals surface area contributed by atoms with Gasteiger partial charge >= 0.3 is 6.09 Å². The number of halogens is 1. The highest BCUT2D eigenvalue weighted by Gasteiger charge is 2.34. The molecule has 0 spiro atoms. The van der Waals surface area contributed by atoms with E-state index in [1.54, 1.807) is 24.3 Å². The van der Waals surface area contributed by atoms with Crippen molar-refractivity contribution in [2.24, 2.45) is 0 Å². The van der Waals surface area contributed by atoms with E-state index in [9.17, 15) is 9.18 Å². The summed E-state index contributed by atoms with van der Waals surface area (Å²) in [4.78, 5) is 18.2. The molecule has 6 heteroatoms. The number of hydrogen-bond donors (Lipinski definition) is 0. The number of amides is 1. The van der Waals surface area contributed by atoms with Gasteiger partial charge in [-0.1, -0.05) is 13.3 Å². The van der Waals surface area contributed by atoms with E-state index < -0.39 is 0 Å². The molecule has 1 aromatic carbocycles. The fourth-order valence-electron chi connectivity index (χ4n) is 3.54. The van der Waals surface area contributed by atoms with Crippen molar-refractivity contribution in [2.45, 2.75) is 38.2 Å². The van der Waals surface area contributed by atoms with Crippen LogP contribution in [0.1, 0.15) is 37.7 Å². The number of piperidine rings is 1. The number of likely N-dealkylation sites (tertiary alicyclic amines) is 1. The molecule has 0 saturated carbocycles. The first-order chi connectivity index (χ1) is 12.6. The molecule has 1 aliphatic heterocycles. The Morgan fingerprint density at radius 3 is 3.00 bits per heavy atom. The fraction of sp³-hybridized carbons (Fsp3) is 0.500. The molecule has 2 heterocycles. The number of methoxy groups -OCH3 is 1. The minimum atomic E-state index is -0.287. The first kappa shape index (κ1) is 18.6. The first-order valence-corrected chi connectivity index (χ1v) is 9.12. The molecule has 1 saturated heterocycles. The first-order valence-electron chi connectivity index (χ1n) is 9.12. The maximum atomic E-state index is 13.7. The zero-order valence-corrected chi connectivity index (χ0v) is 15.3. The van der Waals surface area contributed by atoms with Gasteiger partial charge in [-0.3, -0.25) is 4.98 Å². The predicted molar refractivity (Wildman–Crippen MR) is 97.7 cm³/mol. The Hall–Kier alpha value is -2.21. The molecule has 0 N–H and O–H groups in total. The Morgan fingerprint density at radius 2 is 2.23 bits per heavy atom. The second-order valence-electron chi connectivity index (χ2n) is 6.64. The number of aromatic nitrogens is 1. The monoisotopic (exact) mass is 360 g/mol. The van der Waals surface area contributed by atoms with Gasteiger partial charge in [-0.15, -0.1) is 0 Å². The van der Waals surface area contributed by atoms with Crippen LogP contribution in [-0.4, -0.2) is 48.9 Å². The van der Waals surface area contributed by atoms with E-state index in [1.807, 2.05) is 6.07 Å². The number of ether oxygens (including phenoxy) is 2. The summed E-state index contributed by atoms with van der Waals surface area (Å²) in [6, 6.07) is 6.56. The molecular weight excluding hydrogens is 335 g/mol. The van der Waals surface area contributed by atoms with Crippen LogP contribution in [0.5, 0.6) is 0 Å². The molecule has 0 radical (unpaired) electrons. The number of hydrogen-bond acceptors (Lipinski definition) is 4. The highest BCUT2D eigenvalue weighted by molar-refractivity contribution is 5.82. The number of rotatable bonds is 5. The number of unbranched alkanes of at least 4 members (excludes halogenated alkanes) is 1. The zero-order chi connectivity index (χ0) is 18.5. The summed E-state index contributed by atoms with van der Waals surface area (Å²) in [6.45, 7) is 3.56. The third-order valence-electron chi connectivity index (χ3n) is 4.98. The van der Waals surface area contributed by atoms with Gasteiger partial charge in [0.2, 0.25) is 0 Å². The van der Waals surface area contributed by atoms with Crippen LogP contribution < -0.4 is 0 Å². The highest BCUT2D eigenvalue weighted by atomic mass is 19.1. The van der Waals surface area contributed by atoms with Crippen molar-refractivity contribution in [3.8, 4) is 0 Å². The van der Waals surface area contributed by atoms with Gasteiger partial charge in [0.1, 0.15) is 5.82 Å². The van der Waals surface area contributed by atoms with Gasteiger partial charge in [0, 0.05) is 31.2 Å². The van der Waals surface area contributed by atoms with Crippen LogP contribution >= 0.6 is 0 Å². The largest absolute Gasteiger partial charge is 0.449 e. The van der Waals surface area contributed by atoms with Gasteiger partial charge < -0.3 is 14.4 Å². The van der Waals surface area contributed by atoms with Crippen LogP contribution in [0.3, 0.4) is 0 Å². The zero-order valence-electron chi connectivity index (χ0n) is 15.3. The van der Waals surface area contributed by atoms with Crippen LogP contribution in [0.4, 0.5) is 9.18 Å². The van der Waals surface area contributed by atoms with Gasteiger partial charge in [0.15, 0.2) is 0 Å². The molecule has 3 rings (SSSR count). The summed E-state index contributed by atoms with van der Waals surface area (Å²) in [6.07, 6.45) is 3.87. The van der Waals surface area contributed by atoms with Crippen LogP contribution in [-0.2, 0) is 9.47 Å². The smallest absolute Gasteiger partial charge is 0.409 e. The molecule has 1 amide bonds. The van der Waals surface area contributed by atoms with Crippen LogP contribution in [0.2, 0.25) is 0 Å². The standard InChI is InChI=1S/C20H25FN2O3/c1-3-4-11-26-20(24)23-10-8-16(19(13-23)25-2)15-7-9-22-18-6-5-14(21)12-17(15)18/h5-7,9,12,16,19H,3-4,8,10-11,13H2,1-2H3. The minimum absolute atomic E-state index is 0.0759. The average Bonchev–Trinajstić information content (AvgIpc) is 2.67. The third-order valence-corrected chi connectivity index (χ3v) is 4.98. The lowest BCUT2D eigenvalue weighted by Gasteiger charge is -2.37. The van der Waals surface area contributed by atoms with Crippen molar-refractivity contribution in [1.82, 2.24) is 9.88 Å². The van der Waals surface area contributed by atoms with Gasteiger partial charge in [-0.25, -0.2) is 9.18 Å². The average molecular weight is 360 g/mol. The molecule has 1 fully saturated rings. The second-order valence-corrected chi connectivity index (χ2v) is 6.64. The molecule has 140 valence electrons. The number of benzene rings is 1. The molecule has 2 unspecified atom stereocenters. The van der Waals surface area contributed by atoms with E-state index in [-0.39, 0.29) is 23.9 Å². The van der Waals surface area contributed by atoms with Crippen molar-refractivity contribution in [1.29, 1.82) is 0 Å². The second kappa shape index (κ2) is 8.45. The van der Waals surface area contributed by atoms with Gasteiger partial charge in [0.05, 0.1) is 24.8 Å². The highest BCUT2D eigenvalue weighted by Crippen LogP contribution is 2.34. The van der Waals surface area contributed by atoms with E-state index in [4.69, 9.17) is 9.47 Å². The quantitative estimate of drug-likeness (QED) is 0.753. The molecule has 1 aliphatic rings. The van der Waals surface area contributed by atoms with Crippen molar-refractivity contribution < 1.29 is 18.7 Å². The molecule has 2 atom stereocenters. The normalized spacial score (nSPS) is 20.3. The van der Waals surface area contributed by atoms with Gasteiger partial charge in [-0.05, 0) is 42.7 Å². The number of pyridine rings is 1. The lowest BCUT2D eigenvalue weighted by Crippen LogP contribution is -2.46. The topological polar surface area (TPSA) is 51.7 Å². The summed E-state index contributed by atoms with van der Waals surface area (Å²) >= 11 is 0. The number of carbonyl (C=O) groups is 1. The Kier molecular flexibility index (Phi) is 6.04. The van der Waals surface area contributed by atoms with E-state index >= 15 is 0 Å². The Balaban J connectivity index is 1.78. The van der Waals surface area contributed by atoms with Crippen molar-refractivity contribution in [3.63, 3.8) is 0 Å². The fourth-order valence-corrected chi connectivity index (χ4v) is 3.54. The molecular formula is C20H25FN2O3. The number of carbonyl (C=O) groups excluding carboxylic acids is 1. The van der Waals surface area contributed by atoms with E-state index in [2.05, 4.69) is 11.9 Å². The number of nitrogens with zero attached hydrogens (tertiary/aromatic N) is 2. The molecule has 0 aliphatic carbocycles. The predicted octanol–water partition coefficient (Wildman–Crippen LogP) is 4.11. The van der Waals surface area contributed by atoms with Crippen LogP contribution in [0, 0.1) is 5.82 Å². The van der Waals surface area contributed by atoms with Crippen LogP contribution in [0.15, 0.2) is 30.5 Å². The summed E-state index contributed by atoms with van der Waals surface area (Å²) in [7, 11) is 1.65. The van der Waals surface area contributed by atoms with Crippen molar-refractivity contribution in [3.05, 3.63) is 41.8 Å². The molecule has 0 bridgehead atoms. The molecule has 26 heavy (non-hydrogen) atoms. The van der Waals surface area contributed by atoms with E-state index in [0.29, 0.717) is 19.7 Å². The molecule has 5 nitrogen and oxygen atoms in total. The summed E-state index contributed by atoms with van der Waals surface area (Å²) in [5.41, 5.74) is 1.78. The lowest BCUT2D eigenvalue weighted by molar-refractivity contribution is 0.0103. The Morgan fingerprint density at radius 1 is 1.38 bits per heavy atom. The summed E-state index contributed by atoms with van der Waals surface area (Å²) in [5.74, 6) is -0.204. The summed E-state index contributed by atoms with van der Waals surface area (Å²) in [5, 5.41) is 0.804. The lowest BCUT2D eigenvalue weighted by atomic mass is 9.85. The van der Waals surface area contributed by atoms with Gasteiger partial charge in [-0.2, -0.15) is 0 Å². The van der Waals surface area contributed by atoms with Crippen molar-refractivity contribution in [2.75, 3.05) is 26.8 Å². The van der Waals surface area contributed by atoms with E-state index in [1.165, 1.54) is 12.1 Å². The van der Waals surface area contributed by atoms with E-state index in [0.717, 1.165) is 35.7 Å². The van der Waals surface area contributed by atoms with Crippen LogP contribution in [0.25, 0.3) is 10.9 Å². The molecule has 1 aromatic heterocycles. The maximum absolute atomic E-state index is 13.7. The molecule has 2 aromatic rings. The summed E-state index contributed by atoms with van der Waals surface area (Å²) < 4.78 is 24.7. The Labute approximate surface area is 153 Å². The number of fused-ring (bicyclic) bond motifs is 1.